The molecule has 0 heterocycles. The number of aliphatic carboxylic acids is 1. The van der Waals surface area contributed by atoms with Crippen LogP contribution in [0.1, 0.15) is 27.2 Å². The molecule has 0 aromatic carbocycles. The Labute approximate surface area is 79.4 Å². The minimum atomic E-state index is -0.833. The lowest BCUT2D eigenvalue weighted by Gasteiger charge is -1.85. The van der Waals surface area contributed by atoms with Crippen LogP contribution in [0.4, 0.5) is 0 Å². The highest BCUT2D eigenvalue weighted by atomic mass is 16.4. The quantitative estimate of drug-likeness (QED) is 0.518. The van der Waals surface area contributed by atoms with E-state index in [1.807, 2.05) is 19.2 Å². The van der Waals surface area contributed by atoms with Crippen LogP contribution in [0.15, 0.2) is 17.3 Å². The summed E-state index contributed by atoms with van der Waals surface area (Å²) < 4.78 is 0. The average molecular weight is 186 g/mol. The molecule has 13 heavy (non-hydrogen) atoms. The molecule has 0 aliphatic heterocycles. The number of carbonyl (C=O) groups is 1. The molecule has 0 fully saturated rings. The van der Waals surface area contributed by atoms with Gasteiger partial charge in [0.1, 0.15) is 0 Å². The van der Waals surface area contributed by atoms with Crippen molar-refractivity contribution in [3.05, 3.63) is 12.3 Å². The first-order valence-corrected chi connectivity index (χ1v) is 4.24. The second kappa shape index (κ2) is 13.3. The Morgan fingerprint density at radius 1 is 1.54 bits per heavy atom. The predicted molar refractivity (Wildman–Crippen MR) is 54.9 cm³/mol. The number of carboxylic acid groups (broad SMARTS) is 1. The van der Waals surface area contributed by atoms with Gasteiger partial charge in [-0.3, -0.25) is 9.79 Å². The zero-order valence-electron chi connectivity index (χ0n) is 8.45. The zero-order chi connectivity index (χ0) is 10.5. The molecule has 0 unspecified atom stereocenters. The molecule has 2 N–H and O–H groups in total. The summed E-state index contributed by atoms with van der Waals surface area (Å²) in [5.74, 6) is -0.833. The highest BCUT2D eigenvalue weighted by Crippen LogP contribution is 1.73. The maximum atomic E-state index is 9.00. The molecule has 0 bridgehead atoms. The summed E-state index contributed by atoms with van der Waals surface area (Å²) in [4.78, 5) is 13.0. The highest BCUT2D eigenvalue weighted by molar-refractivity contribution is 5.62. The van der Waals surface area contributed by atoms with E-state index >= 15 is 0 Å². The van der Waals surface area contributed by atoms with E-state index in [0.717, 1.165) is 19.9 Å². The fourth-order valence-corrected chi connectivity index (χ4v) is 0.373. The molecule has 0 aromatic rings. The second-order valence-electron chi connectivity index (χ2n) is 2.12. The minimum Gasteiger partial charge on any atom is -0.481 e. The Bertz CT molecular complexity index is 149. The molecular weight excluding hydrogens is 168 g/mol. The van der Waals surface area contributed by atoms with Gasteiger partial charge < -0.3 is 10.4 Å². The van der Waals surface area contributed by atoms with Crippen LogP contribution >= 0.6 is 0 Å². The van der Waals surface area contributed by atoms with Crippen LogP contribution in [-0.2, 0) is 4.79 Å². The van der Waals surface area contributed by atoms with E-state index in [0.29, 0.717) is 0 Å². The Morgan fingerprint density at radius 3 is 2.46 bits per heavy atom. The Hall–Kier alpha value is -1.32. The van der Waals surface area contributed by atoms with Gasteiger partial charge in [-0.2, -0.15) is 0 Å². The van der Waals surface area contributed by atoms with E-state index in [9.17, 15) is 0 Å². The molecular formula is C9H18N2O2. The van der Waals surface area contributed by atoms with E-state index in [1.54, 1.807) is 6.34 Å². The summed E-state index contributed by atoms with van der Waals surface area (Å²) in [5.41, 5.74) is 0. The molecule has 0 amide bonds. The van der Waals surface area contributed by atoms with E-state index in [1.165, 1.54) is 0 Å². The van der Waals surface area contributed by atoms with Gasteiger partial charge in [0.05, 0.1) is 6.34 Å². The van der Waals surface area contributed by atoms with Crippen LogP contribution in [0.25, 0.3) is 0 Å². The van der Waals surface area contributed by atoms with Gasteiger partial charge in [-0.25, -0.2) is 0 Å². The molecule has 0 aliphatic rings. The van der Waals surface area contributed by atoms with Crippen molar-refractivity contribution >= 4 is 12.3 Å². The monoisotopic (exact) mass is 186 g/mol. The van der Waals surface area contributed by atoms with Gasteiger partial charge in [0.25, 0.3) is 5.97 Å². The molecule has 0 saturated carbocycles. The van der Waals surface area contributed by atoms with Gasteiger partial charge in [0.15, 0.2) is 0 Å². The van der Waals surface area contributed by atoms with E-state index in [2.05, 4.69) is 17.2 Å². The molecule has 0 aliphatic carbocycles. The van der Waals surface area contributed by atoms with Gasteiger partial charge >= 0.3 is 0 Å². The predicted octanol–water partition coefficient (Wildman–Crippen LogP) is 1.64. The Kier molecular flexibility index (Phi) is 14.5. The molecule has 0 spiro atoms. The summed E-state index contributed by atoms with van der Waals surface area (Å²) in [6, 6.07) is 0. The first kappa shape index (κ1) is 14.2. The Balaban J connectivity index is 0. The van der Waals surface area contributed by atoms with Crippen molar-refractivity contribution < 1.29 is 9.90 Å². The largest absolute Gasteiger partial charge is 0.481 e. The maximum Gasteiger partial charge on any atom is 0.300 e. The molecule has 76 valence electrons. The third-order valence-corrected chi connectivity index (χ3v) is 0.798. The summed E-state index contributed by atoms with van der Waals surface area (Å²) >= 11 is 0. The van der Waals surface area contributed by atoms with Crippen molar-refractivity contribution in [2.75, 3.05) is 6.54 Å². The van der Waals surface area contributed by atoms with Gasteiger partial charge in [0.2, 0.25) is 0 Å². The van der Waals surface area contributed by atoms with Crippen LogP contribution in [0, 0.1) is 0 Å². The SMILES string of the molecule is CC(=O)O.CCC=CNC=NCC. The minimum absolute atomic E-state index is 0.833. The number of hydrogen-bond donors (Lipinski definition) is 2. The summed E-state index contributed by atoms with van der Waals surface area (Å²) in [6.07, 6.45) is 6.69. The molecule has 0 atom stereocenters. The molecule has 4 nitrogen and oxygen atoms in total. The van der Waals surface area contributed by atoms with E-state index in [4.69, 9.17) is 9.90 Å². The lowest BCUT2D eigenvalue weighted by atomic mass is 10.5. The number of hydrogen-bond acceptors (Lipinski definition) is 2. The van der Waals surface area contributed by atoms with Gasteiger partial charge in [-0.05, 0) is 19.5 Å². The molecule has 0 radical (unpaired) electrons. The first-order chi connectivity index (χ1) is 6.15. The number of nitrogens with one attached hydrogen (secondary N) is 1. The van der Waals surface area contributed by atoms with Crippen LogP contribution in [0.5, 0.6) is 0 Å². The fraction of sp³-hybridized carbons (Fsp3) is 0.556. The van der Waals surface area contributed by atoms with E-state index < -0.39 is 5.97 Å². The number of carboxylic acids is 1. The van der Waals surface area contributed by atoms with Crippen molar-refractivity contribution in [2.45, 2.75) is 27.2 Å². The van der Waals surface area contributed by atoms with Crippen molar-refractivity contribution in [1.82, 2.24) is 5.32 Å². The van der Waals surface area contributed by atoms with Crippen LogP contribution in [0.2, 0.25) is 0 Å². The second-order valence-corrected chi connectivity index (χ2v) is 2.12. The molecule has 0 rings (SSSR count). The highest BCUT2D eigenvalue weighted by Gasteiger charge is 1.65. The first-order valence-electron chi connectivity index (χ1n) is 4.24. The van der Waals surface area contributed by atoms with Crippen LogP contribution in [0.3, 0.4) is 0 Å². The van der Waals surface area contributed by atoms with Crippen molar-refractivity contribution in [2.24, 2.45) is 4.99 Å². The number of allylic oxidation sites excluding steroid dienone is 1. The smallest absolute Gasteiger partial charge is 0.300 e. The molecule has 0 saturated heterocycles. The summed E-state index contributed by atoms with van der Waals surface area (Å²) in [6.45, 7) is 6.02. The van der Waals surface area contributed by atoms with Crippen LogP contribution in [-0.4, -0.2) is 24.0 Å². The van der Waals surface area contributed by atoms with E-state index in [-0.39, 0.29) is 0 Å². The third kappa shape index (κ3) is 36.7. The number of rotatable bonds is 4. The van der Waals surface area contributed by atoms with Gasteiger partial charge in [-0.15, -0.1) is 0 Å². The van der Waals surface area contributed by atoms with Crippen LogP contribution < -0.4 is 5.32 Å². The van der Waals surface area contributed by atoms with Gasteiger partial charge in [-0.1, -0.05) is 13.0 Å². The number of nitrogens with zero attached hydrogens (tertiary/aromatic N) is 1. The topological polar surface area (TPSA) is 61.7 Å². The van der Waals surface area contributed by atoms with Crippen molar-refractivity contribution in [3.63, 3.8) is 0 Å². The molecule has 4 heteroatoms. The van der Waals surface area contributed by atoms with Crippen molar-refractivity contribution in [1.29, 1.82) is 0 Å². The summed E-state index contributed by atoms with van der Waals surface area (Å²) in [5, 5.41) is 10.3. The number of aliphatic imine (C=N–C) groups is 1. The average Bonchev–Trinajstić information content (AvgIpc) is 2.03. The Morgan fingerprint density at radius 2 is 2.08 bits per heavy atom. The lowest BCUT2D eigenvalue weighted by Crippen LogP contribution is -1.99. The molecule has 0 aromatic heterocycles. The maximum absolute atomic E-state index is 9.00. The lowest BCUT2D eigenvalue weighted by molar-refractivity contribution is -0.134. The van der Waals surface area contributed by atoms with Gasteiger partial charge in [0, 0.05) is 13.5 Å². The normalized spacial score (nSPS) is 9.77. The zero-order valence-corrected chi connectivity index (χ0v) is 8.45. The summed E-state index contributed by atoms with van der Waals surface area (Å²) in [7, 11) is 0. The third-order valence-electron chi connectivity index (χ3n) is 0.798. The fourth-order valence-electron chi connectivity index (χ4n) is 0.373. The standard InChI is InChI=1S/C7H14N2.C2H4O2/c1-3-5-6-9-7-8-4-2;1-2(3)4/h5-7H,3-4H2,1-2H3,(H,8,9);1H3,(H,3,4). The van der Waals surface area contributed by atoms with Crippen molar-refractivity contribution in [3.8, 4) is 0 Å².